The number of ether oxygens (including phenoxy) is 2. The molecule has 0 unspecified atom stereocenters. The molecule has 0 bridgehead atoms. The van der Waals surface area contributed by atoms with Crippen molar-refractivity contribution in [1.29, 1.82) is 0 Å². The lowest BCUT2D eigenvalue weighted by molar-refractivity contribution is -0.129. The highest BCUT2D eigenvalue weighted by Gasteiger charge is 2.45. The Balaban J connectivity index is 1.66. The third kappa shape index (κ3) is 3.83. The van der Waals surface area contributed by atoms with Crippen molar-refractivity contribution in [2.75, 3.05) is 12.8 Å². The van der Waals surface area contributed by atoms with Gasteiger partial charge in [-0.25, -0.2) is 14.4 Å². The molecule has 1 aliphatic carbocycles. The van der Waals surface area contributed by atoms with Crippen molar-refractivity contribution in [1.82, 2.24) is 25.1 Å². The van der Waals surface area contributed by atoms with Gasteiger partial charge in [-0.2, -0.15) is 5.10 Å². The predicted molar refractivity (Wildman–Crippen MR) is 109 cm³/mol. The average Bonchev–Trinajstić information content (AvgIpc) is 2.76. The van der Waals surface area contributed by atoms with Gasteiger partial charge in [-0.15, -0.1) is 0 Å². The van der Waals surface area contributed by atoms with E-state index in [1.165, 1.54) is 24.7 Å². The van der Waals surface area contributed by atoms with Crippen LogP contribution in [0.4, 0.5) is 10.2 Å². The predicted octanol–water partition coefficient (Wildman–Crippen LogP) is 2.83. The summed E-state index contributed by atoms with van der Waals surface area (Å²) in [5, 5.41) is 7.53. The fraction of sp³-hybridized carbons (Fsp3) is 0.286. The lowest BCUT2D eigenvalue weighted by Gasteiger charge is -2.49. The highest BCUT2D eigenvalue weighted by molar-refractivity contribution is 5.55. The Labute approximate surface area is 178 Å². The first-order valence-electron chi connectivity index (χ1n) is 9.68. The lowest BCUT2D eigenvalue weighted by Crippen LogP contribution is -2.50. The second-order valence-corrected chi connectivity index (χ2v) is 7.18. The van der Waals surface area contributed by atoms with Crippen LogP contribution in [0.15, 0.2) is 42.9 Å². The Morgan fingerprint density at radius 3 is 2.71 bits per heavy atom. The molecule has 1 aromatic carbocycles. The minimum Gasteiger partial charge on any atom is -0.496 e. The quantitative estimate of drug-likeness (QED) is 0.549. The molecule has 0 radical (unpaired) electrons. The van der Waals surface area contributed by atoms with E-state index >= 15 is 0 Å². The fourth-order valence-corrected chi connectivity index (χ4v) is 3.83. The van der Waals surface area contributed by atoms with Crippen LogP contribution in [-0.4, -0.2) is 38.6 Å². The van der Waals surface area contributed by atoms with Crippen LogP contribution in [0.25, 0.3) is 0 Å². The highest BCUT2D eigenvalue weighted by Crippen LogP contribution is 2.50. The van der Waals surface area contributed by atoms with E-state index in [2.05, 4.69) is 20.2 Å². The first-order valence-corrected chi connectivity index (χ1v) is 9.68. The van der Waals surface area contributed by atoms with Crippen LogP contribution in [0.1, 0.15) is 30.4 Å². The number of hydrogen-bond donors (Lipinski definition) is 1. The third-order valence-electron chi connectivity index (χ3n) is 5.54. The second-order valence-electron chi connectivity index (χ2n) is 7.18. The molecule has 2 aromatic heterocycles. The summed E-state index contributed by atoms with van der Waals surface area (Å²) in [5.41, 5.74) is 6.08. The zero-order valence-electron chi connectivity index (χ0n) is 16.9. The molecule has 3 aromatic rings. The zero-order chi connectivity index (χ0) is 21.8. The molecule has 10 heteroatoms. The van der Waals surface area contributed by atoms with Crippen LogP contribution < -0.4 is 15.2 Å². The third-order valence-corrected chi connectivity index (χ3v) is 5.54. The van der Waals surface area contributed by atoms with E-state index in [1.807, 2.05) is 6.07 Å². The molecule has 160 valence electrons. The van der Waals surface area contributed by atoms with Crippen molar-refractivity contribution in [2.24, 2.45) is 0 Å². The van der Waals surface area contributed by atoms with Gasteiger partial charge >= 0.3 is 6.01 Å². The molecule has 1 fully saturated rings. The van der Waals surface area contributed by atoms with Crippen LogP contribution >= 0.6 is 0 Å². The highest BCUT2D eigenvalue weighted by atomic mass is 19.1. The number of aromatic nitrogens is 4. The summed E-state index contributed by atoms with van der Waals surface area (Å²) in [7, 11) is 1.55. The largest absolute Gasteiger partial charge is 0.496 e. The van der Waals surface area contributed by atoms with Gasteiger partial charge in [0.05, 0.1) is 25.0 Å². The fourth-order valence-electron chi connectivity index (χ4n) is 3.83. The van der Waals surface area contributed by atoms with Crippen molar-refractivity contribution >= 4 is 12.2 Å². The van der Waals surface area contributed by atoms with E-state index in [0.29, 0.717) is 17.1 Å². The Morgan fingerprint density at radius 1 is 1.23 bits per heavy atom. The molecule has 1 saturated carbocycles. The number of benzene rings is 1. The molecular weight excluding hydrogens is 403 g/mol. The van der Waals surface area contributed by atoms with Gasteiger partial charge in [0.1, 0.15) is 11.5 Å². The number of amides is 1. The number of nitrogens with two attached hydrogens (primary N) is 1. The van der Waals surface area contributed by atoms with Crippen molar-refractivity contribution in [3.05, 3.63) is 59.8 Å². The van der Waals surface area contributed by atoms with Crippen molar-refractivity contribution in [2.45, 2.75) is 31.3 Å². The van der Waals surface area contributed by atoms with Gasteiger partial charge in [-0.1, -0.05) is 5.10 Å². The first-order chi connectivity index (χ1) is 15.1. The molecule has 0 saturated heterocycles. The summed E-state index contributed by atoms with van der Waals surface area (Å²) in [5.74, 6) is 0.204. The molecule has 31 heavy (non-hydrogen) atoms. The minimum atomic E-state index is -0.624. The van der Waals surface area contributed by atoms with E-state index in [4.69, 9.17) is 15.2 Å². The van der Waals surface area contributed by atoms with Gasteiger partial charge in [0.2, 0.25) is 6.41 Å². The molecule has 4 rings (SSSR count). The van der Waals surface area contributed by atoms with Crippen molar-refractivity contribution in [3.63, 3.8) is 0 Å². The number of halogens is 1. The van der Waals surface area contributed by atoms with Gasteiger partial charge in [-0.3, -0.25) is 4.79 Å². The number of methoxy groups -OCH3 is 1. The topological polar surface area (TPSA) is 116 Å². The monoisotopic (exact) mass is 424 g/mol. The molecule has 1 aliphatic rings. The zero-order valence-corrected chi connectivity index (χ0v) is 16.9. The second kappa shape index (κ2) is 8.50. The summed E-state index contributed by atoms with van der Waals surface area (Å²) in [4.78, 5) is 21.4. The van der Waals surface area contributed by atoms with Crippen LogP contribution in [0.3, 0.4) is 0 Å². The minimum absolute atomic E-state index is 0.0625. The number of hydrogen-bond acceptors (Lipinski definition) is 8. The number of carbonyl (C=O) groups excluding carboxylic acids is 1. The smallest absolute Gasteiger partial charge is 0.341 e. The van der Waals surface area contributed by atoms with Crippen LogP contribution in [-0.2, 0) is 16.9 Å². The van der Waals surface area contributed by atoms with E-state index in [9.17, 15) is 9.18 Å². The first kappa shape index (κ1) is 20.5. The average molecular weight is 424 g/mol. The van der Waals surface area contributed by atoms with Crippen LogP contribution in [0.2, 0.25) is 0 Å². The standard InChI is InChI=1S/C21H21FN6O3/c1-30-17-11-15(31-20-25-9-10-26-27-20)3-4-16(17)21(6-2-7-21)28(13-29)12-14-5-8-24-19(23)18(14)22/h3-5,8-11,13H,2,6-7,12H2,1H3,(H2,23,24). The van der Waals surface area contributed by atoms with Crippen molar-refractivity contribution in [3.8, 4) is 17.5 Å². The normalized spacial score (nSPS) is 14.4. The van der Waals surface area contributed by atoms with Gasteiger partial charge in [0.15, 0.2) is 11.6 Å². The number of nitrogens with zero attached hydrogens (tertiary/aromatic N) is 5. The molecule has 9 nitrogen and oxygen atoms in total. The number of anilines is 1. The lowest BCUT2D eigenvalue weighted by atomic mass is 9.70. The van der Waals surface area contributed by atoms with Crippen molar-refractivity contribution < 1.29 is 18.7 Å². The molecular formula is C21H21FN6O3. The Kier molecular flexibility index (Phi) is 5.61. The van der Waals surface area contributed by atoms with E-state index in [1.54, 1.807) is 24.1 Å². The van der Waals surface area contributed by atoms with Crippen LogP contribution in [0.5, 0.6) is 17.5 Å². The number of carbonyl (C=O) groups is 1. The molecule has 0 spiro atoms. The summed E-state index contributed by atoms with van der Waals surface area (Å²) in [6.07, 6.45) is 7.46. The van der Waals surface area contributed by atoms with E-state index in [-0.39, 0.29) is 18.4 Å². The number of nitrogen functional groups attached to an aromatic ring is 1. The summed E-state index contributed by atoms with van der Waals surface area (Å²) in [6.45, 7) is 0.0625. The summed E-state index contributed by atoms with van der Waals surface area (Å²) >= 11 is 0. The summed E-state index contributed by atoms with van der Waals surface area (Å²) < 4.78 is 25.7. The van der Waals surface area contributed by atoms with Gasteiger partial charge in [-0.05, 0) is 37.5 Å². The Bertz CT molecular complexity index is 1080. The maximum absolute atomic E-state index is 14.4. The molecule has 1 amide bonds. The maximum atomic E-state index is 14.4. The molecule has 2 N–H and O–H groups in total. The SMILES string of the molecule is COc1cc(Oc2nccnn2)ccc1C1(N(C=O)Cc2ccnc(N)c2F)CCC1. The van der Waals surface area contributed by atoms with Gasteiger partial charge < -0.3 is 20.1 Å². The molecule has 2 heterocycles. The molecule has 0 aliphatic heterocycles. The summed E-state index contributed by atoms with van der Waals surface area (Å²) in [6, 6.07) is 6.94. The Hall–Kier alpha value is -3.82. The number of rotatable bonds is 8. The van der Waals surface area contributed by atoms with E-state index < -0.39 is 11.4 Å². The number of pyridine rings is 1. The van der Waals surface area contributed by atoms with Gasteiger partial charge in [0.25, 0.3) is 0 Å². The molecule has 0 atom stereocenters. The Morgan fingerprint density at radius 2 is 2.06 bits per heavy atom. The van der Waals surface area contributed by atoms with E-state index in [0.717, 1.165) is 31.2 Å². The maximum Gasteiger partial charge on any atom is 0.341 e. The van der Waals surface area contributed by atoms with Gasteiger partial charge in [0, 0.05) is 29.9 Å². The van der Waals surface area contributed by atoms with Crippen LogP contribution in [0, 0.1) is 5.82 Å².